The fraction of sp³-hybridized carbons (Fsp3) is 0.556. The molecule has 90 valence electrons. The zero-order valence-electron chi connectivity index (χ0n) is 8.84. The summed E-state index contributed by atoms with van der Waals surface area (Å²) < 4.78 is 4.83. The second kappa shape index (κ2) is 3.99. The first-order valence-electron chi connectivity index (χ1n) is 5.20. The van der Waals surface area contributed by atoms with E-state index in [-0.39, 0.29) is 19.1 Å². The number of fused-ring (bicyclic) bond motifs is 1. The highest BCUT2D eigenvalue weighted by atomic mass is 16.7. The van der Waals surface area contributed by atoms with Gasteiger partial charge in [-0.1, -0.05) is 0 Å². The molecule has 17 heavy (non-hydrogen) atoms. The quantitative estimate of drug-likeness (QED) is 0.519. The lowest BCUT2D eigenvalue weighted by Gasteiger charge is -2.36. The molecule has 3 aliphatic rings. The first-order chi connectivity index (χ1) is 8.24. The van der Waals surface area contributed by atoms with Gasteiger partial charge in [-0.2, -0.15) is 0 Å². The SMILES string of the molecule is OC1CN(C2=NC=NC3=NC=NC32)CC(O)O1. The van der Waals surface area contributed by atoms with E-state index < -0.39 is 12.6 Å². The highest BCUT2D eigenvalue weighted by molar-refractivity contribution is 6.19. The maximum atomic E-state index is 9.44. The van der Waals surface area contributed by atoms with Crippen LogP contribution >= 0.6 is 0 Å². The number of ether oxygens (including phenoxy) is 1. The van der Waals surface area contributed by atoms with Gasteiger partial charge in [0.05, 0.1) is 13.1 Å². The molecule has 0 aromatic rings. The van der Waals surface area contributed by atoms with Crippen molar-refractivity contribution in [3.8, 4) is 0 Å². The fourth-order valence-corrected chi connectivity index (χ4v) is 1.96. The molecule has 0 amide bonds. The molecule has 0 saturated carbocycles. The van der Waals surface area contributed by atoms with Crippen LogP contribution in [0.15, 0.2) is 20.0 Å². The molecule has 3 heterocycles. The van der Waals surface area contributed by atoms with Gasteiger partial charge in [0.25, 0.3) is 0 Å². The van der Waals surface area contributed by atoms with Gasteiger partial charge in [0.15, 0.2) is 24.5 Å². The fourth-order valence-electron chi connectivity index (χ4n) is 1.96. The van der Waals surface area contributed by atoms with E-state index in [2.05, 4.69) is 20.0 Å². The Morgan fingerprint density at radius 2 is 1.94 bits per heavy atom. The Hall–Kier alpha value is -1.64. The Balaban J connectivity index is 1.84. The predicted octanol–water partition coefficient (Wildman–Crippen LogP) is -1.80. The summed E-state index contributed by atoms with van der Waals surface area (Å²) in [5, 5.41) is 18.9. The third-order valence-electron chi connectivity index (χ3n) is 2.67. The number of aliphatic hydroxyl groups excluding tert-OH is 2. The smallest absolute Gasteiger partial charge is 0.175 e. The zero-order chi connectivity index (χ0) is 11.8. The lowest BCUT2D eigenvalue weighted by atomic mass is 10.2. The molecule has 0 aliphatic carbocycles. The van der Waals surface area contributed by atoms with Crippen LogP contribution in [0.4, 0.5) is 0 Å². The average molecular weight is 237 g/mol. The summed E-state index contributed by atoms with van der Waals surface area (Å²) >= 11 is 0. The van der Waals surface area contributed by atoms with Crippen molar-refractivity contribution in [1.82, 2.24) is 4.90 Å². The molecule has 1 fully saturated rings. The first-order valence-corrected chi connectivity index (χ1v) is 5.20. The molecule has 0 aromatic heterocycles. The van der Waals surface area contributed by atoms with E-state index in [0.29, 0.717) is 11.7 Å². The molecular weight excluding hydrogens is 226 g/mol. The summed E-state index contributed by atoms with van der Waals surface area (Å²) in [7, 11) is 0. The number of aliphatic imine (C=N–C) groups is 4. The molecule has 0 spiro atoms. The summed E-state index contributed by atoms with van der Waals surface area (Å²) in [6.45, 7) is 0.478. The summed E-state index contributed by atoms with van der Waals surface area (Å²) in [4.78, 5) is 18.0. The number of hydrogen-bond donors (Lipinski definition) is 2. The van der Waals surface area contributed by atoms with Gasteiger partial charge >= 0.3 is 0 Å². The van der Waals surface area contributed by atoms with Crippen molar-refractivity contribution >= 4 is 24.3 Å². The lowest BCUT2D eigenvalue weighted by Crippen LogP contribution is -2.53. The van der Waals surface area contributed by atoms with Crippen LogP contribution in [0, 0.1) is 0 Å². The predicted molar refractivity (Wildman–Crippen MR) is 60.3 cm³/mol. The van der Waals surface area contributed by atoms with E-state index in [4.69, 9.17) is 4.74 Å². The maximum absolute atomic E-state index is 9.44. The van der Waals surface area contributed by atoms with Crippen molar-refractivity contribution < 1.29 is 14.9 Å². The number of β-amino-alcohol motifs (C(OH)–C–C–N with tert-alkyl or cyclic N) is 2. The summed E-state index contributed by atoms with van der Waals surface area (Å²) in [6, 6.07) is -0.336. The molecule has 8 nitrogen and oxygen atoms in total. The highest BCUT2D eigenvalue weighted by Crippen LogP contribution is 2.16. The Kier molecular flexibility index (Phi) is 2.46. The summed E-state index contributed by atoms with van der Waals surface area (Å²) in [6.07, 6.45) is 0.760. The molecule has 3 rings (SSSR count). The van der Waals surface area contributed by atoms with E-state index in [1.807, 2.05) is 0 Å². The number of hydrogen-bond acceptors (Lipinski definition) is 8. The molecule has 3 atom stereocenters. The first kappa shape index (κ1) is 10.5. The number of rotatable bonds is 0. The topological polar surface area (TPSA) is 102 Å². The van der Waals surface area contributed by atoms with Crippen LogP contribution in [0.3, 0.4) is 0 Å². The Morgan fingerprint density at radius 3 is 2.71 bits per heavy atom. The van der Waals surface area contributed by atoms with Gasteiger partial charge in [0, 0.05) is 0 Å². The molecule has 2 N–H and O–H groups in total. The monoisotopic (exact) mass is 237 g/mol. The van der Waals surface area contributed by atoms with Gasteiger partial charge in [0.1, 0.15) is 18.5 Å². The van der Waals surface area contributed by atoms with Crippen molar-refractivity contribution in [2.45, 2.75) is 18.6 Å². The molecular formula is C9H11N5O3. The third kappa shape index (κ3) is 1.86. The van der Waals surface area contributed by atoms with Crippen molar-refractivity contribution in [2.24, 2.45) is 20.0 Å². The van der Waals surface area contributed by atoms with E-state index in [0.717, 1.165) is 0 Å². The minimum absolute atomic E-state index is 0.239. The minimum Gasteiger partial charge on any atom is -0.366 e. The normalized spacial score (nSPS) is 35.6. The van der Waals surface area contributed by atoms with Gasteiger partial charge in [-0.25, -0.2) is 15.0 Å². The van der Waals surface area contributed by atoms with Crippen molar-refractivity contribution in [2.75, 3.05) is 13.1 Å². The Morgan fingerprint density at radius 1 is 1.18 bits per heavy atom. The Labute approximate surface area is 96.7 Å². The highest BCUT2D eigenvalue weighted by Gasteiger charge is 2.34. The van der Waals surface area contributed by atoms with E-state index >= 15 is 0 Å². The van der Waals surface area contributed by atoms with Crippen molar-refractivity contribution in [3.05, 3.63) is 0 Å². The second-order valence-corrected chi connectivity index (χ2v) is 3.84. The van der Waals surface area contributed by atoms with Crippen LogP contribution in [-0.4, -0.2) is 71.2 Å². The maximum Gasteiger partial charge on any atom is 0.175 e. The van der Waals surface area contributed by atoms with Gasteiger partial charge in [0.2, 0.25) is 0 Å². The zero-order valence-corrected chi connectivity index (χ0v) is 8.84. The van der Waals surface area contributed by atoms with Gasteiger partial charge in [-0.3, -0.25) is 4.99 Å². The molecule has 1 saturated heterocycles. The van der Waals surface area contributed by atoms with E-state index in [1.54, 1.807) is 4.90 Å². The average Bonchev–Trinajstić information content (AvgIpc) is 2.75. The Bertz CT molecular complexity index is 434. The largest absolute Gasteiger partial charge is 0.366 e. The molecule has 0 aromatic carbocycles. The number of aliphatic hydroxyl groups is 2. The van der Waals surface area contributed by atoms with Crippen LogP contribution in [-0.2, 0) is 4.74 Å². The van der Waals surface area contributed by atoms with Crippen LogP contribution in [0.1, 0.15) is 0 Å². The molecule has 8 heteroatoms. The van der Waals surface area contributed by atoms with Crippen LogP contribution in [0.25, 0.3) is 0 Å². The molecule has 0 radical (unpaired) electrons. The van der Waals surface area contributed by atoms with E-state index in [9.17, 15) is 10.2 Å². The second-order valence-electron chi connectivity index (χ2n) is 3.84. The van der Waals surface area contributed by atoms with Crippen LogP contribution in [0.5, 0.6) is 0 Å². The van der Waals surface area contributed by atoms with Gasteiger partial charge in [-0.05, 0) is 0 Å². The summed E-state index contributed by atoms with van der Waals surface area (Å²) in [5.74, 6) is 1.19. The standard InChI is InChI=1S/C9H11N5O3/c15-5-1-14(2-6(16)17-5)9-7-8(11-3-10-7)12-4-13-9/h3-7,15-16H,1-2H2. The van der Waals surface area contributed by atoms with Gasteiger partial charge < -0.3 is 19.8 Å². The third-order valence-corrected chi connectivity index (χ3v) is 2.67. The number of amidine groups is 2. The van der Waals surface area contributed by atoms with Crippen LogP contribution < -0.4 is 0 Å². The lowest BCUT2D eigenvalue weighted by molar-refractivity contribution is -0.238. The summed E-state index contributed by atoms with van der Waals surface area (Å²) in [5.41, 5.74) is 0. The van der Waals surface area contributed by atoms with Crippen LogP contribution in [0.2, 0.25) is 0 Å². The molecule has 3 aliphatic heterocycles. The number of morpholine rings is 1. The van der Waals surface area contributed by atoms with Crippen molar-refractivity contribution in [3.63, 3.8) is 0 Å². The van der Waals surface area contributed by atoms with Gasteiger partial charge in [-0.15, -0.1) is 0 Å². The number of nitrogens with zero attached hydrogens (tertiary/aromatic N) is 5. The van der Waals surface area contributed by atoms with E-state index in [1.165, 1.54) is 12.7 Å². The molecule has 0 bridgehead atoms. The van der Waals surface area contributed by atoms with Crippen molar-refractivity contribution in [1.29, 1.82) is 0 Å². The molecule has 3 unspecified atom stereocenters. The minimum atomic E-state index is -1.04.